The minimum Gasteiger partial charge on any atom is -0.484 e. The first-order valence-corrected chi connectivity index (χ1v) is 11.7. The van der Waals surface area contributed by atoms with Gasteiger partial charge in [-0.15, -0.1) is 0 Å². The number of amides is 2. The van der Waals surface area contributed by atoms with E-state index < -0.39 is 6.04 Å². The van der Waals surface area contributed by atoms with E-state index in [1.165, 1.54) is 5.56 Å². The first kappa shape index (κ1) is 23.8. The van der Waals surface area contributed by atoms with Crippen molar-refractivity contribution in [2.75, 3.05) is 6.61 Å². The van der Waals surface area contributed by atoms with Crippen LogP contribution < -0.4 is 10.1 Å². The molecular weight excluding hydrogens is 400 g/mol. The average Bonchev–Trinajstić information content (AvgIpc) is 3.28. The van der Waals surface area contributed by atoms with Crippen molar-refractivity contribution >= 4 is 11.8 Å². The molecule has 0 heterocycles. The third-order valence-corrected chi connectivity index (χ3v) is 6.21. The summed E-state index contributed by atoms with van der Waals surface area (Å²) in [5, 5.41) is 3.13. The molecule has 1 saturated carbocycles. The molecule has 0 bridgehead atoms. The lowest BCUT2D eigenvalue weighted by Crippen LogP contribution is -2.50. The largest absolute Gasteiger partial charge is 0.484 e. The molecule has 1 aliphatic carbocycles. The van der Waals surface area contributed by atoms with Gasteiger partial charge in [-0.2, -0.15) is 0 Å². The SMILES string of the molecule is Cc1cccc(CN(C(=O)COc2ccc(C(C)C)cc2)C(C)C(=O)NC2CCCC2)c1. The first-order valence-electron chi connectivity index (χ1n) is 11.7. The van der Waals surface area contributed by atoms with E-state index in [4.69, 9.17) is 4.74 Å². The van der Waals surface area contributed by atoms with Crippen molar-refractivity contribution < 1.29 is 14.3 Å². The van der Waals surface area contributed by atoms with Gasteiger partial charge in [-0.1, -0.05) is 68.7 Å². The molecule has 0 saturated heterocycles. The molecule has 5 nitrogen and oxygen atoms in total. The highest BCUT2D eigenvalue weighted by Gasteiger charge is 2.28. The summed E-state index contributed by atoms with van der Waals surface area (Å²) in [6.45, 7) is 8.37. The molecule has 1 unspecified atom stereocenters. The van der Waals surface area contributed by atoms with Gasteiger partial charge in [0.2, 0.25) is 5.91 Å². The van der Waals surface area contributed by atoms with Crippen LogP contribution in [0.4, 0.5) is 0 Å². The van der Waals surface area contributed by atoms with Crippen LogP contribution in [0.3, 0.4) is 0 Å². The van der Waals surface area contributed by atoms with Crippen molar-refractivity contribution in [2.24, 2.45) is 0 Å². The van der Waals surface area contributed by atoms with Crippen LogP contribution in [0.15, 0.2) is 48.5 Å². The fraction of sp³-hybridized carbons (Fsp3) is 0.481. The molecule has 2 amide bonds. The molecule has 0 aromatic heterocycles. The molecule has 1 N–H and O–H groups in total. The van der Waals surface area contributed by atoms with Crippen LogP contribution in [-0.2, 0) is 16.1 Å². The number of carbonyl (C=O) groups is 2. The molecule has 0 aliphatic heterocycles. The second-order valence-corrected chi connectivity index (χ2v) is 9.19. The fourth-order valence-corrected chi connectivity index (χ4v) is 4.16. The van der Waals surface area contributed by atoms with Crippen molar-refractivity contribution in [1.29, 1.82) is 0 Å². The quantitative estimate of drug-likeness (QED) is 0.604. The van der Waals surface area contributed by atoms with E-state index in [9.17, 15) is 9.59 Å². The van der Waals surface area contributed by atoms with Gasteiger partial charge in [0.1, 0.15) is 11.8 Å². The molecular formula is C27H36N2O3. The van der Waals surface area contributed by atoms with Crippen LogP contribution >= 0.6 is 0 Å². The Hall–Kier alpha value is -2.82. The Labute approximate surface area is 192 Å². The third-order valence-electron chi connectivity index (χ3n) is 6.21. The summed E-state index contributed by atoms with van der Waals surface area (Å²) in [5.74, 6) is 0.795. The van der Waals surface area contributed by atoms with Crippen LogP contribution in [0.25, 0.3) is 0 Å². The number of nitrogens with one attached hydrogen (secondary N) is 1. The summed E-state index contributed by atoms with van der Waals surface area (Å²) in [6.07, 6.45) is 4.32. The Morgan fingerprint density at radius 2 is 1.75 bits per heavy atom. The van der Waals surface area contributed by atoms with E-state index >= 15 is 0 Å². The Morgan fingerprint density at radius 3 is 2.38 bits per heavy atom. The standard InChI is InChI=1S/C27H36N2O3/c1-19(2)23-12-14-25(15-13-23)32-18-26(30)29(17-22-9-7-8-20(3)16-22)21(4)27(31)28-24-10-5-6-11-24/h7-9,12-16,19,21,24H,5-6,10-11,17-18H2,1-4H3,(H,28,31). The van der Waals surface area contributed by atoms with Crippen molar-refractivity contribution in [2.45, 2.75) is 77.9 Å². The highest BCUT2D eigenvalue weighted by molar-refractivity contribution is 5.88. The van der Waals surface area contributed by atoms with Crippen molar-refractivity contribution in [3.63, 3.8) is 0 Å². The molecule has 2 aromatic carbocycles. The van der Waals surface area contributed by atoms with Crippen LogP contribution in [0, 0.1) is 6.92 Å². The van der Waals surface area contributed by atoms with Gasteiger partial charge in [0.15, 0.2) is 6.61 Å². The summed E-state index contributed by atoms with van der Waals surface area (Å²) < 4.78 is 5.79. The lowest BCUT2D eigenvalue weighted by atomic mass is 10.0. The lowest BCUT2D eigenvalue weighted by molar-refractivity contribution is -0.142. The topological polar surface area (TPSA) is 58.6 Å². The maximum absolute atomic E-state index is 13.2. The van der Waals surface area contributed by atoms with Crippen LogP contribution in [0.5, 0.6) is 5.75 Å². The van der Waals surface area contributed by atoms with Crippen LogP contribution in [-0.4, -0.2) is 35.4 Å². The maximum atomic E-state index is 13.2. The Morgan fingerprint density at radius 1 is 1.06 bits per heavy atom. The second kappa shape index (κ2) is 11.2. The van der Waals surface area contributed by atoms with Gasteiger partial charge >= 0.3 is 0 Å². The molecule has 3 rings (SSSR count). The van der Waals surface area contributed by atoms with Gasteiger partial charge in [-0.05, 0) is 55.9 Å². The minimum atomic E-state index is -0.574. The van der Waals surface area contributed by atoms with E-state index in [0.717, 1.165) is 36.8 Å². The number of nitrogens with zero attached hydrogens (tertiary/aromatic N) is 1. The molecule has 1 atom stereocenters. The fourth-order valence-electron chi connectivity index (χ4n) is 4.16. The monoisotopic (exact) mass is 436 g/mol. The number of carbonyl (C=O) groups excluding carboxylic acids is 2. The molecule has 1 aliphatic rings. The van der Waals surface area contributed by atoms with Crippen LogP contribution in [0.1, 0.15) is 69.1 Å². The zero-order chi connectivity index (χ0) is 23.1. The molecule has 32 heavy (non-hydrogen) atoms. The zero-order valence-electron chi connectivity index (χ0n) is 19.8. The van der Waals surface area contributed by atoms with Gasteiger partial charge in [-0.25, -0.2) is 0 Å². The Kier molecular flexibility index (Phi) is 8.32. The van der Waals surface area contributed by atoms with E-state index in [-0.39, 0.29) is 24.5 Å². The smallest absolute Gasteiger partial charge is 0.261 e. The molecule has 1 fully saturated rings. The van der Waals surface area contributed by atoms with Gasteiger partial charge < -0.3 is 15.0 Å². The first-order chi connectivity index (χ1) is 15.3. The highest BCUT2D eigenvalue weighted by atomic mass is 16.5. The van der Waals surface area contributed by atoms with Gasteiger partial charge in [0, 0.05) is 12.6 Å². The summed E-state index contributed by atoms with van der Waals surface area (Å²) in [5.41, 5.74) is 3.35. The molecule has 0 radical (unpaired) electrons. The van der Waals surface area contributed by atoms with Crippen molar-refractivity contribution in [3.05, 3.63) is 65.2 Å². The van der Waals surface area contributed by atoms with Crippen molar-refractivity contribution in [3.8, 4) is 5.75 Å². The average molecular weight is 437 g/mol. The zero-order valence-corrected chi connectivity index (χ0v) is 19.8. The van der Waals surface area contributed by atoms with E-state index in [1.807, 2.05) is 55.5 Å². The number of ether oxygens (including phenoxy) is 1. The molecule has 2 aromatic rings. The lowest BCUT2D eigenvalue weighted by Gasteiger charge is -2.29. The van der Waals surface area contributed by atoms with E-state index in [1.54, 1.807) is 11.8 Å². The van der Waals surface area contributed by atoms with Gasteiger partial charge in [0.05, 0.1) is 0 Å². The molecule has 0 spiro atoms. The summed E-state index contributed by atoms with van der Waals surface area (Å²) in [6, 6.07) is 15.5. The number of hydrogen-bond donors (Lipinski definition) is 1. The number of rotatable bonds is 9. The highest BCUT2D eigenvalue weighted by Crippen LogP contribution is 2.20. The maximum Gasteiger partial charge on any atom is 0.261 e. The third kappa shape index (κ3) is 6.59. The van der Waals surface area contributed by atoms with E-state index in [0.29, 0.717) is 18.2 Å². The molecule has 172 valence electrons. The minimum absolute atomic E-state index is 0.0980. The predicted octanol–water partition coefficient (Wildman–Crippen LogP) is 4.97. The predicted molar refractivity (Wildman–Crippen MR) is 128 cm³/mol. The van der Waals surface area contributed by atoms with Gasteiger partial charge in [-0.3, -0.25) is 9.59 Å². The number of hydrogen-bond acceptors (Lipinski definition) is 3. The Bertz CT molecular complexity index is 901. The van der Waals surface area contributed by atoms with Crippen LogP contribution in [0.2, 0.25) is 0 Å². The second-order valence-electron chi connectivity index (χ2n) is 9.19. The summed E-state index contributed by atoms with van der Waals surface area (Å²) >= 11 is 0. The van der Waals surface area contributed by atoms with Crippen molar-refractivity contribution in [1.82, 2.24) is 10.2 Å². The normalized spacial score (nSPS) is 14.9. The number of benzene rings is 2. The van der Waals surface area contributed by atoms with Gasteiger partial charge in [0.25, 0.3) is 5.91 Å². The summed E-state index contributed by atoms with van der Waals surface area (Å²) in [7, 11) is 0. The Balaban J connectivity index is 1.69. The number of aryl methyl sites for hydroxylation is 1. The molecule has 5 heteroatoms. The van der Waals surface area contributed by atoms with E-state index in [2.05, 4.69) is 19.2 Å². The summed E-state index contributed by atoms with van der Waals surface area (Å²) in [4.78, 5) is 27.7.